The van der Waals surface area contributed by atoms with Crippen molar-refractivity contribution in [3.05, 3.63) is 36.5 Å². The summed E-state index contributed by atoms with van der Waals surface area (Å²) in [5, 5.41) is 11.9. The van der Waals surface area contributed by atoms with E-state index in [1.807, 2.05) is 0 Å². The van der Waals surface area contributed by atoms with Gasteiger partial charge in [-0.05, 0) is 96.1 Å². The minimum Gasteiger partial charge on any atom is -0.480 e. The summed E-state index contributed by atoms with van der Waals surface area (Å²) in [6, 6.07) is -0.854. The van der Waals surface area contributed by atoms with Crippen LogP contribution in [-0.4, -0.2) is 41.6 Å². The molecule has 2 atom stereocenters. The van der Waals surface area contributed by atoms with E-state index in [9.17, 15) is 19.5 Å². The summed E-state index contributed by atoms with van der Waals surface area (Å²) in [5.41, 5.74) is 5.47. The van der Waals surface area contributed by atoms with E-state index in [1.165, 1.54) is 83.5 Å². The Labute approximate surface area is 307 Å². The number of carbonyl (C=O) groups is 3. The molecule has 7 nitrogen and oxygen atoms in total. The van der Waals surface area contributed by atoms with Crippen LogP contribution in [0, 0.1) is 0 Å². The number of nitrogens with two attached hydrogens (primary N) is 1. The molecule has 1 amide bonds. The lowest BCUT2D eigenvalue weighted by Crippen LogP contribution is -2.40. The fourth-order valence-corrected chi connectivity index (χ4v) is 5.98. The van der Waals surface area contributed by atoms with E-state index < -0.39 is 12.0 Å². The maximum Gasteiger partial charge on any atom is 0.326 e. The van der Waals surface area contributed by atoms with Gasteiger partial charge in [-0.2, -0.15) is 0 Å². The Morgan fingerprint density at radius 3 is 1.70 bits per heavy atom. The largest absolute Gasteiger partial charge is 0.480 e. The molecule has 0 aliphatic rings. The van der Waals surface area contributed by atoms with Gasteiger partial charge >= 0.3 is 11.9 Å². The van der Waals surface area contributed by atoms with Gasteiger partial charge < -0.3 is 20.9 Å². The van der Waals surface area contributed by atoms with Gasteiger partial charge in [-0.15, -0.1) is 0 Å². The second kappa shape index (κ2) is 37.8. The Bertz CT molecular complexity index is 885. The summed E-state index contributed by atoms with van der Waals surface area (Å²) in [6.45, 7) is 4.90. The number of amides is 1. The third-order valence-corrected chi connectivity index (χ3v) is 9.16. The SMILES string of the molecule is CCCCC/C=C\C/C=C\CCCCCCCC(=O)OC(/C=C\CCCCCCCC)CCCCCCCCC(=O)NC(CCCN)C(=O)O. The average Bonchev–Trinajstić information content (AvgIpc) is 3.10. The Kier molecular flexibility index (Phi) is 36.0. The molecule has 0 saturated heterocycles. The van der Waals surface area contributed by atoms with Gasteiger partial charge in [0.05, 0.1) is 0 Å². The predicted octanol–water partition coefficient (Wildman–Crippen LogP) is 11.4. The first-order valence-electron chi connectivity index (χ1n) is 20.8. The molecule has 2 unspecified atom stereocenters. The highest BCUT2D eigenvalue weighted by Gasteiger charge is 2.18. The smallest absolute Gasteiger partial charge is 0.326 e. The van der Waals surface area contributed by atoms with E-state index in [2.05, 4.69) is 55.6 Å². The number of nitrogens with one attached hydrogen (secondary N) is 1. The molecular weight excluding hydrogens is 624 g/mol. The van der Waals surface area contributed by atoms with Gasteiger partial charge in [0.2, 0.25) is 5.91 Å². The fraction of sp³-hybridized carbons (Fsp3) is 0.791. The van der Waals surface area contributed by atoms with Crippen LogP contribution in [0.2, 0.25) is 0 Å². The van der Waals surface area contributed by atoms with Gasteiger partial charge in [-0.25, -0.2) is 4.79 Å². The molecule has 4 N–H and O–H groups in total. The number of unbranched alkanes of at least 4 members (excludes halogenated alkanes) is 19. The van der Waals surface area contributed by atoms with Crippen molar-refractivity contribution in [2.45, 2.75) is 212 Å². The molecule has 50 heavy (non-hydrogen) atoms. The molecule has 0 radical (unpaired) electrons. The minimum atomic E-state index is -1.01. The molecule has 0 aliphatic carbocycles. The number of carbonyl (C=O) groups excluding carboxylic acids is 2. The summed E-state index contributed by atoms with van der Waals surface area (Å²) in [6.07, 6.45) is 43.4. The number of carboxylic acid groups (broad SMARTS) is 1. The Hall–Kier alpha value is -2.41. The van der Waals surface area contributed by atoms with Crippen LogP contribution in [0.4, 0.5) is 0 Å². The van der Waals surface area contributed by atoms with E-state index in [1.54, 1.807) is 0 Å². The zero-order valence-corrected chi connectivity index (χ0v) is 32.5. The van der Waals surface area contributed by atoms with Crippen LogP contribution in [-0.2, 0) is 19.1 Å². The van der Waals surface area contributed by atoms with Crippen LogP contribution >= 0.6 is 0 Å². The van der Waals surface area contributed by atoms with Gasteiger partial charge in [0, 0.05) is 12.8 Å². The molecule has 0 spiro atoms. The minimum absolute atomic E-state index is 0.0728. The van der Waals surface area contributed by atoms with Gasteiger partial charge in [-0.3, -0.25) is 9.59 Å². The molecular formula is C43H78N2O5. The summed E-state index contributed by atoms with van der Waals surface area (Å²) in [5.74, 6) is -1.28. The van der Waals surface area contributed by atoms with Crippen LogP contribution in [0.3, 0.4) is 0 Å². The summed E-state index contributed by atoms with van der Waals surface area (Å²) in [7, 11) is 0. The van der Waals surface area contributed by atoms with Crippen LogP contribution < -0.4 is 11.1 Å². The van der Waals surface area contributed by atoms with Crippen molar-refractivity contribution >= 4 is 17.8 Å². The average molecular weight is 703 g/mol. The number of allylic oxidation sites excluding steroid dienone is 5. The van der Waals surface area contributed by atoms with Crippen LogP contribution in [0.5, 0.6) is 0 Å². The zero-order valence-electron chi connectivity index (χ0n) is 32.5. The molecule has 0 aliphatic heterocycles. The maximum absolute atomic E-state index is 12.7. The number of hydrogen-bond donors (Lipinski definition) is 3. The van der Waals surface area contributed by atoms with Gasteiger partial charge in [0.1, 0.15) is 12.1 Å². The molecule has 0 heterocycles. The molecule has 0 aromatic carbocycles. The zero-order chi connectivity index (χ0) is 36.8. The number of esters is 1. The van der Waals surface area contributed by atoms with Crippen LogP contribution in [0.25, 0.3) is 0 Å². The molecule has 0 aromatic heterocycles. The Morgan fingerprint density at radius 1 is 0.600 bits per heavy atom. The van der Waals surface area contributed by atoms with Crippen molar-refractivity contribution < 1.29 is 24.2 Å². The van der Waals surface area contributed by atoms with Crippen molar-refractivity contribution in [2.75, 3.05) is 6.54 Å². The normalized spacial score (nSPS) is 13.0. The Balaban J connectivity index is 4.28. The summed E-state index contributed by atoms with van der Waals surface area (Å²) in [4.78, 5) is 36.2. The van der Waals surface area contributed by atoms with E-state index >= 15 is 0 Å². The van der Waals surface area contributed by atoms with Crippen molar-refractivity contribution in [1.29, 1.82) is 0 Å². The maximum atomic E-state index is 12.7. The monoisotopic (exact) mass is 703 g/mol. The first-order valence-corrected chi connectivity index (χ1v) is 20.8. The number of rotatable bonds is 37. The first kappa shape index (κ1) is 47.6. The van der Waals surface area contributed by atoms with Crippen LogP contribution in [0.15, 0.2) is 36.5 Å². The predicted molar refractivity (Wildman–Crippen MR) is 211 cm³/mol. The van der Waals surface area contributed by atoms with Crippen LogP contribution in [0.1, 0.15) is 200 Å². The van der Waals surface area contributed by atoms with Gasteiger partial charge in [0.25, 0.3) is 0 Å². The lowest BCUT2D eigenvalue weighted by molar-refractivity contribution is -0.147. The van der Waals surface area contributed by atoms with E-state index in [0.29, 0.717) is 32.2 Å². The lowest BCUT2D eigenvalue weighted by Gasteiger charge is -2.15. The standard InChI is InChI=1S/C43H78N2O5/c1-3-5-7-9-11-13-14-15-16-17-18-19-21-27-31-37-42(47)50-39(33-28-24-20-12-10-8-6-4-2)34-29-25-22-23-26-30-36-41(46)45-40(43(48)49)35-32-38-44/h11,13,15-16,28,33,39-40H,3-10,12,14,17-27,29-32,34-38,44H2,1-2H3,(H,45,46)(H,48,49)/b13-11-,16-15-,33-28-. The third-order valence-electron chi connectivity index (χ3n) is 9.16. The highest BCUT2D eigenvalue weighted by atomic mass is 16.5. The first-order chi connectivity index (χ1) is 24.4. The Morgan fingerprint density at radius 2 is 1.10 bits per heavy atom. The lowest BCUT2D eigenvalue weighted by atomic mass is 10.0. The topological polar surface area (TPSA) is 119 Å². The highest BCUT2D eigenvalue weighted by molar-refractivity contribution is 5.83. The second-order valence-electron chi connectivity index (χ2n) is 14.0. The molecule has 0 saturated carbocycles. The quantitative estimate of drug-likeness (QED) is 0.0337. The van der Waals surface area contributed by atoms with Gasteiger partial charge in [0.15, 0.2) is 0 Å². The van der Waals surface area contributed by atoms with Crippen molar-refractivity contribution in [3.63, 3.8) is 0 Å². The fourth-order valence-electron chi connectivity index (χ4n) is 5.98. The van der Waals surface area contributed by atoms with E-state index in [4.69, 9.17) is 10.5 Å². The second-order valence-corrected chi connectivity index (χ2v) is 14.0. The summed E-state index contributed by atoms with van der Waals surface area (Å²) < 4.78 is 5.94. The number of hydrogen-bond acceptors (Lipinski definition) is 5. The molecule has 290 valence electrons. The molecule has 0 bridgehead atoms. The highest BCUT2D eigenvalue weighted by Crippen LogP contribution is 2.16. The molecule has 0 fully saturated rings. The summed E-state index contributed by atoms with van der Waals surface area (Å²) >= 11 is 0. The third kappa shape index (κ3) is 34.1. The molecule has 0 rings (SSSR count). The number of ether oxygens (including phenoxy) is 1. The molecule has 7 heteroatoms. The van der Waals surface area contributed by atoms with E-state index in [-0.39, 0.29) is 18.0 Å². The van der Waals surface area contributed by atoms with Crippen molar-refractivity contribution in [2.24, 2.45) is 5.73 Å². The van der Waals surface area contributed by atoms with Crippen molar-refractivity contribution in [3.8, 4) is 0 Å². The van der Waals surface area contributed by atoms with E-state index in [0.717, 1.165) is 77.0 Å². The number of carboxylic acids is 1. The van der Waals surface area contributed by atoms with Crippen molar-refractivity contribution in [1.82, 2.24) is 5.32 Å². The molecule has 0 aromatic rings. The number of aliphatic carboxylic acids is 1. The van der Waals surface area contributed by atoms with Gasteiger partial charge in [-0.1, -0.05) is 134 Å².